The lowest BCUT2D eigenvalue weighted by molar-refractivity contribution is -0.00692. The Balaban J connectivity index is 1.90. The molecule has 0 unspecified atom stereocenters. The molecule has 2 bridgehead atoms. The fraction of sp³-hybridized carbons (Fsp3) is 0.667. The van der Waals surface area contributed by atoms with Gasteiger partial charge in [-0.1, -0.05) is 0 Å². The van der Waals surface area contributed by atoms with Gasteiger partial charge in [-0.25, -0.2) is 0 Å². The number of hydrogen-bond acceptors (Lipinski definition) is 2. The summed E-state index contributed by atoms with van der Waals surface area (Å²) in [6.45, 7) is 2.46. The second kappa shape index (κ2) is 3.81. The molecule has 0 atom stereocenters. The van der Waals surface area contributed by atoms with Crippen LogP contribution in [-0.4, -0.2) is 16.7 Å². The van der Waals surface area contributed by atoms with Crippen LogP contribution < -0.4 is 0 Å². The van der Waals surface area contributed by atoms with Crippen molar-refractivity contribution in [3.05, 3.63) is 29.6 Å². The second-order valence-electron chi connectivity index (χ2n) is 6.12. The van der Waals surface area contributed by atoms with E-state index in [0.717, 1.165) is 5.69 Å². The molecule has 3 aliphatic rings. The minimum Gasteiger partial charge on any atom is -0.396 e. The highest BCUT2D eigenvalue weighted by atomic mass is 16.3. The molecule has 3 fully saturated rings. The van der Waals surface area contributed by atoms with Gasteiger partial charge in [0, 0.05) is 18.5 Å². The molecule has 92 valence electrons. The first-order valence-electron chi connectivity index (χ1n) is 6.72. The molecule has 2 heteroatoms. The Morgan fingerprint density at radius 2 is 1.82 bits per heavy atom. The minimum atomic E-state index is 0.268. The average Bonchev–Trinajstić information content (AvgIpc) is 2.41. The van der Waals surface area contributed by atoms with E-state index >= 15 is 0 Å². The van der Waals surface area contributed by atoms with E-state index in [1.54, 1.807) is 0 Å². The van der Waals surface area contributed by atoms with E-state index in [2.05, 4.69) is 24.0 Å². The largest absolute Gasteiger partial charge is 0.396 e. The van der Waals surface area contributed by atoms with E-state index in [9.17, 15) is 5.11 Å². The van der Waals surface area contributed by atoms with Gasteiger partial charge in [-0.05, 0) is 74.0 Å². The summed E-state index contributed by atoms with van der Waals surface area (Å²) in [5.74, 6) is 0. The summed E-state index contributed by atoms with van der Waals surface area (Å²) in [7, 11) is 0. The lowest BCUT2D eigenvalue weighted by Crippen LogP contribution is -2.45. The van der Waals surface area contributed by atoms with Crippen LogP contribution >= 0.6 is 0 Å². The first-order chi connectivity index (χ1) is 8.18. The smallest absolute Gasteiger partial charge is 0.0487 e. The van der Waals surface area contributed by atoms with Crippen LogP contribution in [0, 0.1) is 12.3 Å². The van der Waals surface area contributed by atoms with Crippen molar-refractivity contribution in [3.8, 4) is 0 Å². The predicted molar refractivity (Wildman–Crippen MR) is 67.9 cm³/mol. The summed E-state index contributed by atoms with van der Waals surface area (Å²) in [5.41, 5.74) is 3.27. The quantitative estimate of drug-likeness (QED) is 0.849. The van der Waals surface area contributed by atoms with Gasteiger partial charge in [-0.3, -0.25) is 4.98 Å². The SMILES string of the molecule is Cc1cc(C23CCC(CO)(CC2)CC3)ccn1. The Morgan fingerprint density at radius 1 is 1.18 bits per heavy atom. The molecule has 1 aromatic heterocycles. The molecule has 0 spiro atoms. The summed E-state index contributed by atoms with van der Waals surface area (Å²) < 4.78 is 0. The zero-order valence-corrected chi connectivity index (χ0v) is 10.6. The highest BCUT2D eigenvalue weighted by Gasteiger charge is 2.48. The molecule has 0 amide bonds. The maximum absolute atomic E-state index is 9.55. The first-order valence-corrected chi connectivity index (χ1v) is 6.72. The monoisotopic (exact) mass is 231 g/mol. The predicted octanol–water partition coefficient (Wildman–Crippen LogP) is 2.97. The maximum atomic E-state index is 9.55. The average molecular weight is 231 g/mol. The summed E-state index contributed by atoms with van der Waals surface area (Å²) in [4.78, 5) is 4.30. The van der Waals surface area contributed by atoms with Crippen LogP contribution in [0.4, 0.5) is 0 Å². The van der Waals surface area contributed by atoms with Gasteiger partial charge in [0.1, 0.15) is 0 Å². The summed E-state index contributed by atoms with van der Waals surface area (Å²) in [6, 6.07) is 4.46. The number of nitrogens with zero attached hydrogens (tertiary/aromatic N) is 1. The van der Waals surface area contributed by atoms with E-state index in [4.69, 9.17) is 0 Å². The third kappa shape index (κ3) is 1.70. The van der Waals surface area contributed by atoms with Crippen molar-refractivity contribution >= 4 is 0 Å². The fourth-order valence-corrected chi connectivity index (χ4v) is 3.81. The Morgan fingerprint density at radius 3 is 2.35 bits per heavy atom. The second-order valence-corrected chi connectivity index (χ2v) is 6.12. The molecule has 1 heterocycles. The number of hydrogen-bond donors (Lipinski definition) is 1. The van der Waals surface area contributed by atoms with Crippen LogP contribution in [0.3, 0.4) is 0 Å². The molecule has 4 rings (SSSR count). The van der Waals surface area contributed by atoms with Gasteiger partial charge >= 0.3 is 0 Å². The molecule has 3 aliphatic carbocycles. The zero-order chi connectivity index (χ0) is 11.9. The van der Waals surface area contributed by atoms with Gasteiger partial charge in [0.05, 0.1) is 0 Å². The number of aliphatic hydroxyl groups is 1. The van der Waals surface area contributed by atoms with Crippen LogP contribution in [0.15, 0.2) is 18.3 Å². The number of fused-ring (bicyclic) bond motifs is 3. The van der Waals surface area contributed by atoms with Crippen molar-refractivity contribution in [3.63, 3.8) is 0 Å². The van der Waals surface area contributed by atoms with Gasteiger partial charge in [0.2, 0.25) is 0 Å². The Hall–Kier alpha value is -0.890. The molecule has 0 saturated heterocycles. The fourth-order valence-electron chi connectivity index (χ4n) is 3.81. The minimum absolute atomic E-state index is 0.268. The summed E-state index contributed by atoms with van der Waals surface area (Å²) in [5, 5.41) is 9.55. The van der Waals surface area contributed by atoms with E-state index in [1.165, 1.54) is 44.1 Å². The highest BCUT2D eigenvalue weighted by Crippen LogP contribution is 2.57. The number of aryl methyl sites for hydroxylation is 1. The van der Waals surface area contributed by atoms with Crippen molar-refractivity contribution in [2.24, 2.45) is 5.41 Å². The van der Waals surface area contributed by atoms with Crippen LogP contribution in [-0.2, 0) is 5.41 Å². The van der Waals surface area contributed by atoms with Crippen molar-refractivity contribution in [1.29, 1.82) is 0 Å². The van der Waals surface area contributed by atoms with E-state index < -0.39 is 0 Å². The third-order valence-corrected chi connectivity index (χ3v) is 5.25. The molecular weight excluding hydrogens is 210 g/mol. The molecule has 0 aromatic carbocycles. The zero-order valence-electron chi connectivity index (χ0n) is 10.6. The van der Waals surface area contributed by atoms with Crippen LogP contribution in [0.2, 0.25) is 0 Å². The van der Waals surface area contributed by atoms with Gasteiger partial charge in [0.15, 0.2) is 0 Å². The Kier molecular flexibility index (Phi) is 2.51. The molecule has 1 N–H and O–H groups in total. The van der Waals surface area contributed by atoms with E-state index in [-0.39, 0.29) is 5.41 Å². The Labute approximate surface area is 103 Å². The first kappa shape index (κ1) is 11.2. The van der Waals surface area contributed by atoms with E-state index in [0.29, 0.717) is 12.0 Å². The van der Waals surface area contributed by atoms with Crippen LogP contribution in [0.1, 0.15) is 49.8 Å². The molecular formula is C15H21NO. The highest BCUT2D eigenvalue weighted by molar-refractivity contribution is 5.28. The third-order valence-electron chi connectivity index (χ3n) is 5.25. The normalized spacial score (nSPS) is 36.1. The summed E-state index contributed by atoms with van der Waals surface area (Å²) in [6.07, 6.45) is 9.29. The molecule has 0 aliphatic heterocycles. The number of pyridine rings is 1. The van der Waals surface area contributed by atoms with Gasteiger partial charge in [-0.15, -0.1) is 0 Å². The molecule has 3 saturated carbocycles. The molecule has 17 heavy (non-hydrogen) atoms. The van der Waals surface area contributed by atoms with Crippen LogP contribution in [0.5, 0.6) is 0 Å². The van der Waals surface area contributed by atoms with E-state index in [1.807, 2.05) is 6.20 Å². The van der Waals surface area contributed by atoms with Gasteiger partial charge in [0.25, 0.3) is 0 Å². The van der Waals surface area contributed by atoms with Crippen molar-refractivity contribution < 1.29 is 5.11 Å². The van der Waals surface area contributed by atoms with Gasteiger partial charge < -0.3 is 5.11 Å². The maximum Gasteiger partial charge on any atom is 0.0487 e. The lowest BCUT2D eigenvalue weighted by atomic mass is 9.52. The van der Waals surface area contributed by atoms with Crippen molar-refractivity contribution in [2.45, 2.75) is 50.9 Å². The Bertz CT molecular complexity index is 402. The standard InChI is InChI=1S/C15H21NO/c1-12-10-13(2-9-16-12)15-6-3-14(11-17,4-7-15)5-8-15/h2,9-10,17H,3-8,11H2,1H3. The van der Waals surface area contributed by atoms with Crippen molar-refractivity contribution in [1.82, 2.24) is 4.98 Å². The summed E-state index contributed by atoms with van der Waals surface area (Å²) >= 11 is 0. The number of aromatic nitrogens is 1. The molecule has 0 radical (unpaired) electrons. The van der Waals surface area contributed by atoms with Crippen LogP contribution in [0.25, 0.3) is 0 Å². The molecule has 1 aromatic rings. The lowest BCUT2D eigenvalue weighted by Gasteiger charge is -2.53. The number of rotatable bonds is 2. The number of aliphatic hydroxyl groups excluding tert-OH is 1. The van der Waals surface area contributed by atoms with Gasteiger partial charge in [-0.2, -0.15) is 0 Å². The topological polar surface area (TPSA) is 33.1 Å². The van der Waals surface area contributed by atoms with Crippen molar-refractivity contribution in [2.75, 3.05) is 6.61 Å². The molecule has 2 nitrogen and oxygen atoms in total.